The van der Waals surface area contributed by atoms with Crippen molar-refractivity contribution in [2.45, 2.75) is 13.0 Å². The summed E-state index contributed by atoms with van der Waals surface area (Å²) in [4.78, 5) is 10.7. The molecule has 15 heavy (non-hydrogen) atoms. The number of rotatable bonds is 3. The molecule has 0 saturated heterocycles. The Hall–Kier alpha value is -1.17. The zero-order valence-electron chi connectivity index (χ0n) is 7.85. The Morgan fingerprint density at radius 1 is 1.47 bits per heavy atom. The van der Waals surface area contributed by atoms with Gasteiger partial charge in [0.25, 0.3) is 0 Å². The second-order valence-electron chi connectivity index (χ2n) is 3.01. The van der Waals surface area contributed by atoms with E-state index in [0.717, 1.165) is 12.1 Å². The molecule has 1 atom stereocenters. The number of nitrogens with two attached hydrogens (primary N) is 1. The van der Waals surface area contributed by atoms with Gasteiger partial charge in [-0.3, -0.25) is 4.79 Å². The molecule has 0 aliphatic heterocycles. The second kappa shape index (κ2) is 4.57. The van der Waals surface area contributed by atoms with Crippen LogP contribution in [0.3, 0.4) is 0 Å². The van der Waals surface area contributed by atoms with Crippen LogP contribution < -0.4 is 11.1 Å². The van der Waals surface area contributed by atoms with Crippen LogP contribution in [0.1, 0.15) is 6.92 Å². The molecule has 3 nitrogen and oxygen atoms in total. The fraction of sp³-hybridized carbons (Fsp3) is 0.222. The first-order chi connectivity index (χ1) is 6.91. The molecule has 0 bridgehead atoms. The Morgan fingerprint density at radius 2 is 2.07 bits per heavy atom. The summed E-state index contributed by atoms with van der Waals surface area (Å²) in [5.41, 5.74) is 4.88. The summed E-state index contributed by atoms with van der Waals surface area (Å²) in [7, 11) is 0. The molecule has 0 fully saturated rings. The fourth-order valence-corrected chi connectivity index (χ4v) is 1.25. The highest BCUT2D eigenvalue weighted by atomic mass is 79.9. The van der Waals surface area contributed by atoms with Crippen LogP contribution in [0.4, 0.5) is 14.5 Å². The number of anilines is 1. The summed E-state index contributed by atoms with van der Waals surface area (Å²) in [5.74, 6) is -1.91. The molecule has 3 N–H and O–H groups in total. The first-order valence-electron chi connectivity index (χ1n) is 4.12. The molecule has 1 unspecified atom stereocenters. The van der Waals surface area contributed by atoms with Gasteiger partial charge in [0.15, 0.2) is 0 Å². The van der Waals surface area contributed by atoms with Crippen LogP contribution in [0.2, 0.25) is 0 Å². The molecule has 0 saturated carbocycles. The number of amides is 1. The number of benzene rings is 1. The Morgan fingerprint density at radius 3 is 2.60 bits per heavy atom. The number of carbonyl (C=O) groups is 1. The van der Waals surface area contributed by atoms with Gasteiger partial charge in [0.2, 0.25) is 5.91 Å². The molecule has 0 aromatic heterocycles. The SMILES string of the molecule is CC(Nc1cc(F)c(Br)cc1F)C(N)=O. The van der Waals surface area contributed by atoms with Crippen molar-refractivity contribution in [1.82, 2.24) is 0 Å². The van der Waals surface area contributed by atoms with E-state index in [9.17, 15) is 13.6 Å². The molecule has 1 rings (SSSR count). The third-order valence-corrected chi connectivity index (χ3v) is 2.42. The molecular formula is C9H9BrF2N2O. The van der Waals surface area contributed by atoms with Crippen LogP contribution in [-0.4, -0.2) is 11.9 Å². The van der Waals surface area contributed by atoms with Crippen molar-refractivity contribution in [1.29, 1.82) is 0 Å². The highest BCUT2D eigenvalue weighted by Gasteiger charge is 2.13. The van der Waals surface area contributed by atoms with Crippen molar-refractivity contribution in [3.63, 3.8) is 0 Å². The maximum atomic E-state index is 13.2. The fourth-order valence-electron chi connectivity index (χ4n) is 0.938. The lowest BCUT2D eigenvalue weighted by atomic mass is 10.2. The molecule has 0 radical (unpaired) electrons. The zero-order chi connectivity index (χ0) is 11.6. The van der Waals surface area contributed by atoms with E-state index in [2.05, 4.69) is 21.2 Å². The third-order valence-electron chi connectivity index (χ3n) is 1.81. The Kier molecular flexibility index (Phi) is 3.62. The molecule has 6 heteroatoms. The maximum absolute atomic E-state index is 13.2. The quantitative estimate of drug-likeness (QED) is 0.831. The van der Waals surface area contributed by atoms with E-state index < -0.39 is 23.6 Å². The third kappa shape index (κ3) is 2.89. The van der Waals surface area contributed by atoms with E-state index in [1.54, 1.807) is 0 Å². The van der Waals surface area contributed by atoms with E-state index in [1.165, 1.54) is 6.92 Å². The van der Waals surface area contributed by atoms with Crippen LogP contribution in [0.15, 0.2) is 16.6 Å². The molecular weight excluding hydrogens is 270 g/mol. The van der Waals surface area contributed by atoms with Crippen molar-refractivity contribution < 1.29 is 13.6 Å². The first-order valence-corrected chi connectivity index (χ1v) is 4.91. The van der Waals surface area contributed by atoms with Gasteiger partial charge in [0.1, 0.15) is 17.7 Å². The van der Waals surface area contributed by atoms with Gasteiger partial charge in [0.05, 0.1) is 10.2 Å². The summed E-state index contributed by atoms with van der Waals surface area (Å²) in [5, 5.41) is 2.47. The largest absolute Gasteiger partial charge is 0.371 e. The topological polar surface area (TPSA) is 55.1 Å². The maximum Gasteiger partial charge on any atom is 0.239 e. The van der Waals surface area contributed by atoms with E-state index in [4.69, 9.17) is 5.73 Å². The molecule has 0 aliphatic carbocycles. The van der Waals surface area contributed by atoms with Crippen molar-refractivity contribution in [2.24, 2.45) is 5.73 Å². The minimum Gasteiger partial charge on any atom is -0.371 e. The van der Waals surface area contributed by atoms with Crippen LogP contribution in [0, 0.1) is 11.6 Å². The lowest BCUT2D eigenvalue weighted by Crippen LogP contribution is -2.32. The number of carbonyl (C=O) groups excluding carboxylic acids is 1. The molecule has 1 aromatic carbocycles. The summed E-state index contributed by atoms with van der Waals surface area (Å²) in [6.07, 6.45) is 0. The standard InChI is InChI=1S/C9H9BrF2N2O/c1-4(9(13)15)14-8-3-6(11)5(10)2-7(8)12/h2-4,14H,1H3,(H2,13,15). The van der Waals surface area contributed by atoms with Gasteiger partial charge in [0, 0.05) is 6.07 Å². The number of hydrogen-bond donors (Lipinski definition) is 2. The predicted molar refractivity (Wildman–Crippen MR) is 56.3 cm³/mol. The van der Waals surface area contributed by atoms with Gasteiger partial charge in [-0.1, -0.05) is 0 Å². The van der Waals surface area contributed by atoms with E-state index in [0.29, 0.717) is 0 Å². The molecule has 0 heterocycles. The van der Waals surface area contributed by atoms with Gasteiger partial charge >= 0.3 is 0 Å². The van der Waals surface area contributed by atoms with Gasteiger partial charge in [-0.25, -0.2) is 8.78 Å². The monoisotopic (exact) mass is 278 g/mol. The summed E-state index contributed by atoms with van der Waals surface area (Å²) >= 11 is 2.84. The first kappa shape index (κ1) is 11.9. The van der Waals surface area contributed by atoms with Gasteiger partial charge in [-0.2, -0.15) is 0 Å². The smallest absolute Gasteiger partial charge is 0.239 e. The molecule has 1 amide bonds. The van der Waals surface area contributed by atoms with Crippen molar-refractivity contribution >= 4 is 27.5 Å². The van der Waals surface area contributed by atoms with Gasteiger partial charge in [-0.05, 0) is 28.9 Å². The van der Waals surface area contributed by atoms with E-state index in [-0.39, 0.29) is 10.2 Å². The van der Waals surface area contributed by atoms with Crippen LogP contribution in [0.25, 0.3) is 0 Å². The zero-order valence-corrected chi connectivity index (χ0v) is 9.44. The highest BCUT2D eigenvalue weighted by molar-refractivity contribution is 9.10. The molecule has 0 spiro atoms. The van der Waals surface area contributed by atoms with Crippen LogP contribution >= 0.6 is 15.9 Å². The number of halogens is 3. The van der Waals surface area contributed by atoms with Gasteiger partial charge in [-0.15, -0.1) is 0 Å². The Bertz CT molecular complexity index is 398. The van der Waals surface area contributed by atoms with Crippen molar-refractivity contribution in [3.8, 4) is 0 Å². The minimum atomic E-state index is -0.764. The highest BCUT2D eigenvalue weighted by Crippen LogP contribution is 2.23. The molecule has 0 aliphatic rings. The number of primary amides is 1. The molecule has 82 valence electrons. The average molecular weight is 279 g/mol. The van der Waals surface area contributed by atoms with E-state index >= 15 is 0 Å². The normalized spacial score (nSPS) is 12.3. The summed E-state index contributed by atoms with van der Waals surface area (Å²) in [6, 6.07) is 1.17. The van der Waals surface area contributed by atoms with E-state index in [1.807, 2.05) is 0 Å². The second-order valence-corrected chi connectivity index (χ2v) is 3.87. The lowest BCUT2D eigenvalue weighted by Gasteiger charge is -2.12. The van der Waals surface area contributed by atoms with Gasteiger partial charge < -0.3 is 11.1 Å². The van der Waals surface area contributed by atoms with Crippen LogP contribution in [-0.2, 0) is 4.79 Å². The average Bonchev–Trinajstić information content (AvgIpc) is 2.13. The Labute approximate surface area is 93.8 Å². The number of hydrogen-bond acceptors (Lipinski definition) is 2. The van der Waals surface area contributed by atoms with Crippen LogP contribution in [0.5, 0.6) is 0 Å². The minimum absolute atomic E-state index is 0.0253. The lowest BCUT2D eigenvalue weighted by molar-refractivity contribution is -0.118. The molecule has 1 aromatic rings. The Balaban J connectivity index is 2.95. The summed E-state index contributed by atoms with van der Waals surface area (Å²) < 4.78 is 26.3. The van der Waals surface area contributed by atoms with Crippen molar-refractivity contribution in [2.75, 3.05) is 5.32 Å². The summed E-state index contributed by atoms with van der Waals surface area (Å²) in [6.45, 7) is 1.46. The number of nitrogens with one attached hydrogen (secondary N) is 1. The predicted octanol–water partition coefficient (Wildman–Crippen LogP) is 2.01. The van der Waals surface area contributed by atoms with Crippen molar-refractivity contribution in [3.05, 3.63) is 28.2 Å².